The van der Waals surface area contributed by atoms with Crippen molar-refractivity contribution >= 4 is 22.5 Å². The average molecular weight is 226 g/mol. The molecule has 1 rings (SSSR count). The fourth-order valence-electron chi connectivity index (χ4n) is 0.571. The Labute approximate surface area is 67.8 Å². The molecule has 9 heavy (non-hydrogen) atoms. The van der Waals surface area contributed by atoms with Gasteiger partial charge in [0.15, 0.2) is 0 Å². The number of aromatic nitrogens is 2. The fraction of sp³-hybridized carbons (Fsp3) is 0.333. The van der Waals surface area contributed by atoms with Gasteiger partial charge in [0.05, 0.1) is 0 Å². The van der Waals surface area contributed by atoms with E-state index in [0.29, 0.717) is 0 Å². The summed E-state index contributed by atoms with van der Waals surface area (Å²) in [6, 6.07) is 1.84. The summed E-state index contributed by atoms with van der Waals surface area (Å²) < 4.78 is 1.21. The third kappa shape index (κ3) is 2.30. The molecule has 0 unspecified atom stereocenters. The van der Waals surface area contributed by atoms with Gasteiger partial charge in [-0.2, -0.15) is 0 Å². The van der Waals surface area contributed by atoms with E-state index >= 15 is 0 Å². The van der Waals surface area contributed by atoms with Crippen LogP contribution in [0.3, 0.4) is 0 Å². The summed E-state index contributed by atoms with van der Waals surface area (Å²) in [6.07, 6.45) is 4.60. The van der Waals surface area contributed by atoms with Crippen molar-refractivity contribution in [2.45, 2.75) is 10.9 Å². The number of hydrogen-bond acceptors (Lipinski definition) is 2. The van der Waals surface area contributed by atoms with Crippen LogP contribution >= 0.6 is 0 Å². The zero-order valence-electron chi connectivity index (χ0n) is 5.04. The topological polar surface area (TPSA) is 25.8 Å². The third-order valence-corrected chi connectivity index (χ3v) is 1.68. The minimum atomic E-state index is 0.967. The molecule has 0 saturated heterocycles. The SMILES string of the molecule is [Sn][CH2]Cc1ncccn1. The Bertz CT molecular complexity index is 164. The number of rotatable bonds is 2. The van der Waals surface area contributed by atoms with Crippen LogP contribution in [0.25, 0.3) is 0 Å². The third-order valence-electron chi connectivity index (χ3n) is 0.968. The Hall–Kier alpha value is -0.121. The first-order chi connectivity index (χ1) is 4.43. The molecule has 1 aromatic rings. The van der Waals surface area contributed by atoms with E-state index in [9.17, 15) is 0 Å². The number of aryl methyl sites for hydroxylation is 1. The zero-order valence-corrected chi connectivity index (χ0v) is 7.89. The summed E-state index contributed by atoms with van der Waals surface area (Å²) in [7, 11) is 0. The van der Waals surface area contributed by atoms with Gasteiger partial charge in [0.25, 0.3) is 0 Å². The van der Waals surface area contributed by atoms with E-state index in [4.69, 9.17) is 0 Å². The molecule has 0 atom stereocenters. The molecule has 3 radical (unpaired) electrons. The number of nitrogens with zero attached hydrogens (tertiary/aromatic N) is 2. The second kappa shape index (κ2) is 3.82. The van der Waals surface area contributed by atoms with E-state index in [1.807, 2.05) is 6.07 Å². The van der Waals surface area contributed by atoms with Crippen LogP contribution in [0.4, 0.5) is 0 Å². The van der Waals surface area contributed by atoms with E-state index in [1.54, 1.807) is 34.9 Å². The first-order valence-corrected chi connectivity index (χ1v) is 4.86. The maximum atomic E-state index is 4.07. The van der Waals surface area contributed by atoms with Gasteiger partial charge in [-0.3, -0.25) is 0 Å². The van der Waals surface area contributed by atoms with Gasteiger partial charge in [0.2, 0.25) is 0 Å². The standard InChI is InChI=1S/C6H7N2.Sn/c1-2-6-7-4-3-5-8-6;/h3-5H,1-2H2;. The molecule has 3 heteroatoms. The molecule has 0 saturated carbocycles. The molecule has 0 N–H and O–H groups in total. The van der Waals surface area contributed by atoms with Gasteiger partial charge >= 0.3 is 67.6 Å². The van der Waals surface area contributed by atoms with E-state index in [-0.39, 0.29) is 0 Å². The van der Waals surface area contributed by atoms with Crippen LogP contribution in [0.15, 0.2) is 18.5 Å². The van der Waals surface area contributed by atoms with E-state index in [2.05, 4.69) is 9.97 Å². The molecular weight excluding hydrogens is 219 g/mol. The van der Waals surface area contributed by atoms with Crippen molar-refractivity contribution in [2.75, 3.05) is 0 Å². The van der Waals surface area contributed by atoms with Crippen LogP contribution in [0.2, 0.25) is 4.44 Å². The van der Waals surface area contributed by atoms with Crippen molar-refractivity contribution in [3.63, 3.8) is 0 Å². The fourth-order valence-corrected chi connectivity index (χ4v) is 1.21. The van der Waals surface area contributed by atoms with Crippen molar-refractivity contribution in [3.05, 3.63) is 24.3 Å². The van der Waals surface area contributed by atoms with Crippen LogP contribution in [-0.4, -0.2) is 32.5 Å². The van der Waals surface area contributed by atoms with Gasteiger partial charge in [0.1, 0.15) is 0 Å². The predicted octanol–water partition coefficient (Wildman–Crippen LogP) is 0.606. The monoisotopic (exact) mass is 227 g/mol. The molecular formula is C6H7N2Sn. The summed E-state index contributed by atoms with van der Waals surface area (Å²) >= 11 is 1.55. The van der Waals surface area contributed by atoms with Crippen molar-refractivity contribution in [1.82, 2.24) is 9.97 Å². The van der Waals surface area contributed by atoms with Crippen LogP contribution in [-0.2, 0) is 6.42 Å². The second-order valence-electron chi connectivity index (χ2n) is 1.67. The summed E-state index contributed by atoms with van der Waals surface area (Å²) in [6.45, 7) is 0. The predicted molar refractivity (Wildman–Crippen MR) is 36.3 cm³/mol. The molecule has 0 amide bonds. The van der Waals surface area contributed by atoms with Crippen LogP contribution in [0.1, 0.15) is 5.82 Å². The normalized spacial score (nSPS) is 9.44. The second-order valence-corrected chi connectivity index (χ2v) is 3.09. The molecule has 0 fully saturated rings. The average Bonchev–Trinajstić information content (AvgIpc) is 1.91. The molecule has 0 aliphatic carbocycles. The Morgan fingerprint density at radius 2 is 2.00 bits per heavy atom. The van der Waals surface area contributed by atoms with Gasteiger partial charge in [-0.1, -0.05) is 0 Å². The molecule has 0 aliphatic heterocycles. The van der Waals surface area contributed by atoms with E-state index in [1.165, 1.54) is 4.44 Å². The summed E-state index contributed by atoms with van der Waals surface area (Å²) in [4.78, 5) is 8.14. The van der Waals surface area contributed by atoms with Gasteiger partial charge in [-0.15, -0.1) is 0 Å². The van der Waals surface area contributed by atoms with Crippen LogP contribution in [0, 0.1) is 0 Å². The Morgan fingerprint density at radius 3 is 2.56 bits per heavy atom. The maximum absolute atomic E-state index is 4.07. The van der Waals surface area contributed by atoms with Gasteiger partial charge in [-0.05, 0) is 0 Å². The van der Waals surface area contributed by atoms with Crippen LogP contribution < -0.4 is 0 Å². The van der Waals surface area contributed by atoms with E-state index < -0.39 is 0 Å². The Balaban J connectivity index is 2.61. The molecule has 0 aromatic carbocycles. The zero-order chi connectivity index (χ0) is 6.53. The minimum absolute atomic E-state index is 0.967. The molecule has 1 aromatic heterocycles. The first kappa shape index (κ1) is 6.99. The van der Waals surface area contributed by atoms with Gasteiger partial charge < -0.3 is 0 Å². The summed E-state index contributed by atoms with van der Waals surface area (Å²) in [5, 5.41) is 0. The summed E-state index contributed by atoms with van der Waals surface area (Å²) in [5.74, 6) is 0.967. The quantitative estimate of drug-likeness (QED) is 0.690. The van der Waals surface area contributed by atoms with Gasteiger partial charge in [-0.25, -0.2) is 0 Å². The molecule has 0 spiro atoms. The van der Waals surface area contributed by atoms with Crippen molar-refractivity contribution in [3.8, 4) is 0 Å². The first-order valence-electron chi connectivity index (χ1n) is 2.84. The molecule has 1 heterocycles. The Morgan fingerprint density at radius 1 is 1.33 bits per heavy atom. The van der Waals surface area contributed by atoms with Crippen LogP contribution in [0.5, 0.6) is 0 Å². The molecule has 0 aliphatic rings. The molecule has 2 nitrogen and oxygen atoms in total. The van der Waals surface area contributed by atoms with E-state index in [0.717, 1.165) is 12.2 Å². The van der Waals surface area contributed by atoms with Crippen molar-refractivity contribution in [1.29, 1.82) is 0 Å². The van der Waals surface area contributed by atoms with Crippen molar-refractivity contribution < 1.29 is 0 Å². The number of hydrogen-bond donors (Lipinski definition) is 0. The molecule has 0 bridgehead atoms. The Kier molecular flexibility index (Phi) is 2.97. The van der Waals surface area contributed by atoms with Crippen molar-refractivity contribution in [2.24, 2.45) is 0 Å². The van der Waals surface area contributed by atoms with Gasteiger partial charge in [0, 0.05) is 0 Å². The molecule has 45 valence electrons. The summed E-state index contributed by atoms with van der Waals surface area (Å²) in [5.41, 5.74) is 0.